The SMILES string of the molecule is CCCCCCCC/C=C\CCCCCC(=O)OCC(COP(=O)(O)OC1C(OC2OC(CO)C(O)C(O)C2O)C(O)C(O)C(O)C1OC1OC(COC(=O)CCCCC/C=C\CCCCCCCC)C(O)C(O)C1O)OC(=O)/C=C/C=C/CCCCCCCCCCCCC. The molecule has 0 spiro atoms. The zero-order valence-electron chi connectivity index (χ0n) is 57.9. The molecule has 0 bridgehead atoms. The van der Waals surface area contributed by atoms with Gasteiger partial charge in [0.1, 0.15) is 98.7 Å². The molecule has 0 aromatic carbocycles. The van der Waals surface area contributed by atoms with Crippen LogP contribution < -0.4 is 0 Å². The summed E-state index contributed by atoms with van der Waals surface area (Å²) in [7, 11) is -5.73. The zero-order chi connectivity index (χ0) is 70.4. The highest BCUT2D eigenvalue weighted by molar-refractivity contribution is 7.47. The highest BCUT2D eigenvalue weighted by Gasteiger charge is 2.58. The number of aliphatic hydroxyl groups excluding tert-OH is 10. The van der Waals surface area contributed by atoms with Crippen molar-refractivity contribution in [3.63, 3.8) is 0 Å². The van der Waals surface area contributed by atoms with Crippen LogP contribution >= 0.6 is 7.82 Å². The van der Waals surface area contributed by atoms with Gasteiger partial charge in [0.15, 0.2) is 18.7 Å². The highest BCUT2D eigenvalue weighted by Crippen LogP contribution is 2.49. The van der Waals surface area contributed by atoms with E-state index in [1.165, 1.54) is 122 Å². The summed E-state index contributed by atoms with van der Waals surface area (Å²) in [6.45, 7) is 3.26. The minimum atomic E-state index is -5.73. The summed E-state index contributed by atoms with van der Waals surface area (Å²) in [4.78, 5) is 50.7. The van der Waals surface area contributed by atoms with E-state index in [0.717, 1.165) is 96.0 Å². The van der Waals surface area contributed by atoms with Gasteiger partial charge in [-0.3, -0.25) is 18.6 Å². The molecule has 18 unspecified atom stereocenters. The molecule has 0 aromatic heterocycles. The van der Waals surface area contributed by atoms with E-state index in [1.807, 2.05) is 6.08 Å². The second-order valence-electron chi connectivity index (χ2n) is 26.0. The fraction of sp³-hybridized carbons (Fsp3) is 0.845. The molecule has 0 amide bonds. The van der Waals surface area contributed by atoms with Gasteiger partial charge in [0.25, 0.3) is 0 Å². The average Bonchev–Trinajstić information content (AvgIpc) is 0.739. The van der Waals surface area contributed by atoms with Gasteiger partial charge in [0, 0.05) is 18.9 Å². The molecule has 2 aliphatic heterocycles. The van der Waals surface area contributed by atoms with E-state index in [2.05, 4.69) is 45.1 Å². The molecule has 0 aromatic rings. The van der Waals surface area contributed by atoms with Gasteiger partial charge < -0.3 is 89.1 Å². The van der Waals surface area contributed by atoms with Gasteiger partial charge in [-0.25, -0.2) is 9.36 Å². The lowest BCUT2D eigenvalue weighted by Gasteiger charge is -2.49. The van der Waals surface area contributed by atoms with Gasteiger partial charge in [-0.2, -0.15) is 0 Å². The van der Waals surface area contributed by atoms with Crippen molar-refractivity contribution in [2.45, 2.75) is 356 Å². The molecule has 0 radical (unpaired) electrons. The summed E-state index contributed by atoms with van der Waals surface area (Å²) in [6, 6.07) is 0. The van der Waals surface area contributed by atoms with Gasteiger partial charge in [-0.15, -0.1) is 0 Å². The lowest BCUT2D eigenvalue weighted by atomic mass is 9.84. The summed E-state index contributed by atoms with van der Waals surface area (Å²) in [5.74, 6) is -2.29. The quantitative estimate of drug-likeness (QED) is 0.00513. The maximum atomic E-state index is 14.3. The van der Waals surface area contributed by atoms with Gasteiger partial charge in [-0.05, 0) is 77.0 Å². The zero-order valence-corrected chi connectivity index (χ0v) is 58.8. The Balaban J connectivity index is 1.78. The van der Waals surface area contributed by atoms with E-state index >= 15 is 0 Å². The van der Waals surface area contributed by atoms with Crippen LogP contribution in [0.15, 0.2) is 48.6 Å². The maximum absolute atomic E-state index is 14.3. The Morgan fingerprint density at radius 2 is 0.802 bits per heavy atom. The fourth-order valence-corrected chi connectivity index (χ4v) is 12.6. The number of phosphoric acid groups is 1. The third-order valence-electron chi connectivity index (χ3n) is 17.7. The van der Waals surface area contributed by atoms with E-state index in [9.17, 15) is 74.9 Å². The van der Waals surface area contributed by atoms with Crippen molar-refractivity contribution in [2.75, 3.05) is 26.4 Å². The van der Waals surface area contributed by atoms with E-state index in [4.69, 9.17) is 42.2 Å². The van der Waals surface area contributed by atoms with Crippen LogP contribution in [-0.2, 0) is 61.2 Å². The highest BCUT2D eigenvalue weighted by atomic mass is 31.2. The Kier molecular flexibility index (Phi) is 48.0. The van der Waals surface area contributed by atoms with E-state index in [1.54, 1.807) is 6.08 Å². The van der Waals surface area contributed by atoms with Crippen LogP contribution in [0.2, 0.25) is 0 Å². The molecule has 25 heteroatoms. The Hall–Kier alpha value is -3.08. The first-order valence-electron chi connectivity index (χ1n) is 36.5. The molecular weight excluding hydrogens is 1270 g/mol. The first-order chi connectivity index (χ1) is 46.3. The molecular formula is C71H125O24P. The van der Waals surface area contributed by atoms with Crippen molar-refractivity contribution in [1.82, 2.24) is 0 Å². The van der Waals surface area contributed by atoms with Crippen molar-refractivity contribution in [3.05, 3.63) is 48.6 Å². The van der Waals surface area contributed by atoms with Crippen molar-refractivity contribution in [1.29, 1.82) is 0 Å². The smallest absolute Gasteiger partial charge is 0.463 e. The van der Waals surface area contributed by atoms with E-state index < -0.39 is 156 Å². The minimum Gasteiger partial charge on any atom is -0.463 e. The number of rotatable bonds is 55. The van der Waals surface area contributed by atoms with Gasteiger partial charge >= 0.3 is 25.7 Å². The van der Waals surface area contributed by atoms with Gasteiger partial charge in [-0.1, -0.05) is 205 Å². The number of carbonyl (C=O) groups is 3. The Morgan fingerprint density at radius 3 is 1.24 bits per heavy atom. The lowest BCUT2D eigenvalue weighted by molar-refractivity contribution is -0.360. The molecule has 96 heavy (non-hydrogen) atoms. The predicted molar refractivity (Wildman–Crippen MR) is 360 cm³/mol. The maximum Gasteiger partial charge on any atom is 0.472 e. The number of aliphatic hydroxyl groups is 10. The number of hydrogen-bond acceptors (Lipinski definition) is 23. The molecule has 18 atom stereocenters. The first-order valence-corrected chi connectivity index (χ1v) is 38.0. The van der Waals surface area contributed by atoms with Crippen LogP contribution in [0.25, 0.3) is 0 Å². The fourth-order valence-electron chi connectivity index (χ4n) is 11.7. The minimum absolute atomic E-state index is 0.00239. The summed E-state index contributed by atoms with van der Waals surface area (Å²) < 4.78 is 64.6. The molecule has 3 rings (SSSR count). The summed E-state index contributed by atoms with van der Waals surface area (Å²) in [6.07, 6.45) is 15.6. The van der Waals surface area contributed by atoms with Crippen LogP contribution in [0.5, 0.6) is 0 Å². The van der Waals surface area contributed by atoms with Crippen LogP contribution in [0.1, 0.15) is 252 Å². The molecule has 24 nitrogen and oxygen atoms in total. The predicted octanol–water partition coefficient (Wildman–Crippen LogP) is 9.29. The normalized spacial score (nSPS) is 28.2. The van der Waals surface area contributed by atoms with Crippen molar-refractivity contribution in [3.8, 4) is 0 Å². The molecule has 2 saturated heterocycles. The summed E-state index contributed by atoms with van der Waals surface area (Å²) in [5, 5.41) is 110. The largest absolute Gasteiger partial charge is 0.472 e. The standard InChI is InChI=1S/C71H125O24P/c1-4-7-10-13-16-19-22-25-26-29-32-35-38-41-44-47-57(75)90-52(49-87-55(73)45-42-39-36-33-30-27-23-20-17-14-11-8-5-2)50-89-96(85,86)95-69-67(93-70-65(83)60(78)58(76)53(48-72)91-70)63(81)62(80)64(82)68(69)94-71-66(84)61(79)59(77)54(92-71)51-88-56(74)46-43-40-37-34-31-28-24-21-18-15-12-9-6-3/h27-28,30-31,38,41,44,47,52-54,58-72,76-84H,4-26,29,32-37,39-40,42-43,45-46,48-51H2,1-3H3,(H,85,86)/b30-27-,31-28-,41-38+,47-44+. The Labute approximate surface area is 571 Å². The van der Waals surface area contributed by atoms with E-state index in [-0.39, 0.29) is 12.8 Å². The van der Waals surface area contributed by atoms with Crippen molar-refractivity contribution >= 4 is 25.7 Å². The van der Waals surface area contributed by atoms with Crippen LogP contribution in [0, 0.1) is 0 Å². The number of hydrogen-bond donors (Lipinski definition) is 11. The number of unbranched alkanes of at least 4 members (excludes halogenated alkanes) is 29. The molecule has 3 aliphatic rings. The number of ether oxygens (including phenoxy) is 7. The second-order valence-corrected chi connectivity index (χ2v) is 27.4. The lowest BCUT2D eigenvalue weighted by Crippen LogP contribution is -2.69. The average molecular weight is 1390 g/mol. The molecule has 11 N–H and O–H groups in total. The summed E-state index contributed by atoms with van der Waals surface area (Å²) >= 11 is 0. The van der Waals surface area contributed by atoms with Crippen LogP contribution in [0.3, 0.4) is 0 Å². The number of allylic oxidation sites excluding steroid dienone is 7. The molecule has 2 heterocycles. The second kappa shape index (κ2) is 52.8. The number of carbonyl (C=O) groups excluding carboxylic acids is 3. The number of phosphoric ester groups is 1. The third kappa shape index (κ3) is 36.0. The van der Waals surface area contributed by atoms with Crippen LogP contribution in [0.4, 0.5) is 0 Å². The topological polar surface area (TPSA) is 374 Å². The van der Waals surface area contributed by atoms with Crippen molar-refractivity contribution < 1.29 is 117 Å². The summed E-state index contributed by atoms with van der Waals surface area (Å²) in [5.41, 5.74) is 0. The van der Waals surface area contributed by atoms with Gasteiger partial charge in [0.05, 0.1) is 13.2 Å². The third-order valence-corrected chi connectivity index (χ3v) is 18.6. The number of esters is 3. The molecule has 3 fully saturated rings. The molecule has 558 valence electrons. The monoisotopic (exact) mass is 1390 g/mol. The Bertz CT molecular complexity index is 2180. The first kappa shape index (κ1) is 87.1. The molecule has 1 saturated carbocycles. The Morgan fingerprint density at radius 1 is 0.427 bits per heavy atom. The van der Waals surface area contributed by atoms with Crippen LogP contribution in [-0.4, -0.2) is 204 Å². The van der Waals surface area contributed by atoms with Gasteiger partial charge in [0.2, 0.25) is 0 Å². The van der Waals surface area contributed by atoms with Crippen molar-refractivity contribution in [2.24, 2.45) is 0 Å². The molecule has 1 aliphatic carbocycles. The van der Waals surface area contributed by atoms with E-state index in [0.29, 0.717) is 12.8 Å².